The highest BCUT2D eigenvalue weighted by molar-refractivity contribution is 5.95. The molecule has 2 heterocycles. The molecule has 0 spiro atoms. The van der Waals surface area contributed by atoms with Crippen molar-refractivity contribution in [1.29, 1.82) is 0 Å². The summed E-state index contributed by atoms with van der Waals surface area (Å²) in [4.78, 5) is 14.5. The molecule has 2 saturated heterocycles. The van der Waals surface area contributed by atoms with E-state index < -0.39 is 6.10 Å². The second-order valence-electron chi connectivity index (χ2n) is 10.4. The van der Waals surface area contributed by atoms with E-state index in [-0.39, 0.29) is 36.6 Å². The van der Waals surface area contributed by atoms with Crippen LogP contribution in [0.1, 0.15) is 36.1 Å². The van der Waals surface area contributed by atoms with E-state index in [1.165, 1.54) is 0 Å². The van der Waals surface area contributed by atoms with Crippen LogP contribution in [0.3, 0.4) is 0 Å². The Morgan fingerprint density at radius 1 is 0.825 bits per heavy atom. The summed E-state index contributed by atoms with van der Waals surface area (Å²) in [6.45, 7) is 0.277. The van der Waals surface area contributed by atoms with Crippen molar-refractivity contribution in [2.24, 2.45) is 0 Å². The van der Waals surface area contributed by atoms with Gasteiger partial charge in [-0.1, -0.05) is 78.9 Å². The summed E-state index contributed by atoms with van der Waals surface area (Å²) >= 11 is 0. The average molecular weight is 537 g/mol. The number of rotatable bonds is 6. The molecule has 7 heteroatoms. The highest BCUT2D eigenvalue weighted by atomic mass is 16.5. The van der Waals surface area contributed by atoms with Gasteiger partial charge in [0.1, 0.15) is 5.75 Å². The van der Waals surface area contributed by atoms with Crippen LogP contribution in [-0.2, 0) is 4.74 Å². The van der Waals surface area contributed by atoms with Crippen molar-refractivity contribution in [3.05, 3.63) is 108 Å². The Balaban J connectivity index is 1.21. The van der Waals surface area contributed by atoms with Crippen LogP contribution in [0, 0.1) is 0 Å². The van der Waals surface area contributed by atoms with Crippen LogP contribution in [0.2, 0.25) is 0 Å². The van der Waals surface area contributed by atoms with Crippen molar-refractivity contribution in [3.8, 4) is 28.0 Å². The fraction of sp³-hybridized carbons (Fsp3) is 0.242. The minimum absolute atomic E-state index is 0.115. The highest BCUT2D eigenvalue weighted by Gasteiger charge is 2.35. The summed E-state index contributed by atoms with van der Waals surface area (Å²) in [7, 11) is 0. The van der Waals surface area contributed by atoms with Gasteiger partial charge >= 0.3 is 6.03 Å². The Kier molecular flexibility index (Phi) is 7.26. The lowest BCUT2D eigenvalue weighted by atomic mass is 9.94. The zero-order chi connectivity index (χ0) is 27.6. The molecule has 0 saturated carbocycles. The number of phenols is 1. The largest absolute Gasteiger partial charge is 0.508 e. The number of aromatic hydroxyl groups is 1. The van der Waals surface area contributed by atoms with Crippen molar-refractivity contribution in [2.45, 2.75) is 37.2 Å². The molecule has 0 radical (unpaired) electrons. The smallest absolute Gasteiger partial charge is 0.322 e. The van der Waals surface area contributed by atoms with Gasteiger partial charge in [-0.25, -0.2) is 4.79 Å². The van der Waals surface area contributed by atoms with Crippen LogP contribution < -0.4 is 10.2 Å². The summed E-state index contributed by atoms with van der Waals surface area (Å²) in [6, 6.07) is 30.8. The van der Waals surface area contributed by atoms with E-state index in [0.717, 1.165) is 33.5 Å². The van der Waals surface area contributed by atoms with E-state index >= 15 is 0 Å². The van der Waals surface area contributed by atoms with Gasteiger partial charge in [0, 0.05) is 30.6 Å². The summed E-state index contributed by atoms with van der Waals surface area (Å²) in [5.41, 5.74) is 6.32. The second-order valence-corrected chi connectivity index (χ2v) is 10.4. The first-order valence-corrected chi connectivity index (χ1v) is 13.6. The molecule has 2 aliphatic rings. The third kappa shape index (κ3) is 5.19. The van der Waals surface area contributed by atoms with Crippen molar-refractivity contribution in [1.82, 2.24) is 5.32 Å². The SMILES string of the molecule is O=C1NCC(c2ccc(-c3ccc(C4CC(O)CC(CO)O4)cc3)cc2O)N1c1ccc(-c2ccccc2)cc1. The number of aliphatic hydroxyl groups is 2. The van der Waals surface area contributed by atoms with Gasteiger partial charge in [0.2, 0.25) is 0 Å². The van der Waals surface area contributed by atoms with E-state index in [4.69, 9.17) is 4.74 Å². The summed E-state index contributed by atoms with van der Waals surface area (Å²) in [5.74, 6) is 0.124. The summed E-state index contributed by atoms with van der Waals surface area (Å²) in [5, 5.41) is 33.6. The minimum atomic E-state index is -0.501. The lowest BCUT2D eigenvalue weighted by Crippen LogP contribution is -2.33. The first-order chi connectivity index (χ1) is 19.5. The number of anilines is 1. The summed E-state index contributed by atoms with van der Waals surface area (Å²) < 4.78 is 5.93. The number of phenolic OH excluding ortho intramolecular Hbond substituents is 1. The normalized spacial score (nSPS) is 22.8. The Morgan fingerprint density at radius 2 is 1.48 bits per heavy atom. The molecule has 4 aromatic rings. The number of aliphatic hydroxyl groups excluding tert-OH is 2. The van der Waals surface area contributed by atoms with Crippen molar-refractivity contribution < 1.29 is 24.9 Å². The number of hydrogen-bond acceptors (Lipinski definition) is 5. The van der Waals surface area contributed by atoms with E-state index in [1.54, 1.807) is 11.0 Å². The maximum absolute atomic E-state index is 12.8. The molecule has 0 bridgehead atoms. The Bertz CT molecular complexity index is 1470. The van der Waals surface area contributed by atoms with Gasteiger partial charge in [-0.3, -0.25) is 4.90 Å². The zero-order valence-corrected chi connectivity index (χ0v) is 22.0. The van der Waals surface area contributed by atoms with Crippen molar-refractivity contribution in [3.63, 3.8) is 0 Å². The average Bonchev–Trinajstić information content (AvgIpc) is 3.38. The minimum Gasteiger partial charge on any atom is -0.508 e. The number of carbonyl (C=O) groups excluding carboxylic acids is 1. The van der Waals surface area contributed by atoms with Gasteiger partial charge in [-0.15, -0.1) is 0 Å². The first-order valence-electron chi connectivity index (χ1n) is 13.6. The number of ether oxygens (including phenoxy) is 1. The van der Waals surface area contributed by atoms with E-state index in [2.05, 4.69) is 5.32 Å². The van der Waals surface area contributed by atoms with Crippen LogP contribution in [0.25, 0.3) is 22.3 Å². The molecule has 2 fully saturated rings. The second kappa shape index (κ2) is 11.1. The Morgan fingerprint density at radius 3 is 2.17 bits per heavy atom. The molecule has 4 N–H and O–H groups in total. The quantitative estimate of drug-likeness (QED) is 0.258. The third-order valence-electron chi connectivity index (χ3n) is 7.82. The molecule has 4 unspecified atom stereocenters. The monoisotopic (exact) mass is 536 g/mol. The van der Waals surface area contributed by atoms with Gasteiger partial charge in [0.05, 0.1) is 31.0 Å². The standard InChI is InChI=1S/C33H32N2O5/c36-20-28-17-27(37)18-32(40-28)24-8-6-23(7-9-24)25-12-15-29(31(38)16-25)30-19-34-33(39)35(30)26-13-10-22(11-14-26)21-4-2-1-3-5-21/h1-16,27-28,30,32,36-38H,17-20H2,(H,34,39). The van der Waals surface area contributed by atoms with Crippen LogP contribution in [-0.4, -0.2) is 46.7 Å². The molecule has 2 aliphatic heterocycles. The van der Waals surface area contributed by atoms with Crippen LogP contribution in [0.15, 0.2) is 97.1 Å². The molecule has 6 rings (SSSR count). The molecule has 4 atom stereocenters. The highest BCUT2D eigenvalue weighted by Crippen LogP contribution is 2.38. The van der Waals surface area contributed by atoms with Gasteiger partial charge in [0.15, 0.2) is 0 Å². The van der Waals surface area contributed by atoms with E-state index in [0.29, 0.717) is 24.9 Å². The van der Waals surface area contributed by atoms with Gasteiger partial charge < -0.3 is 25.4 Å². The van der Waals surface area contributed by atoms with Gasteiger partial charge in [0.25, 0.3) is 0 Å². The zero-order valence-electron chi connectivity index (χ0n) is 22.0. The van der Waals surface area contributed by atoms with Gasteiger partial charge in [-0.2, -0.15) is 0 Å². The number of benzene rings is 4. The Labute approximate surface area is 233 Å². The molecule has 0 aromatic heterocycles. The number of amides is 2. The molecule has 204 valence electrons. The molecule has 40 heavy (non-hydrogen) atoms. The van der Waals surface area contributed by atoms with E-state index in [1.807, 2.05) is 91.0 Å². The molecule has 0 aliphatic carbocycles. The van der Waals surface area contributed by atoms with Gasteiger partial charge in [-0.05, 0) is 46.0 Å². The number of carbonyl (C=O) groups is 1. The van der Waals surface area contributed by atoms with Crippen molar-refractivity contribution in [2.75, 3.05) is 18.1 Å². The maximum atomic E-state index is 12.8. The predicted octanol–water partition coefficient (Wildman–Crippen LogP) is 5.57. The van der Waals surface area contributed by atoms with Crippen molar-refractivity contribution >= 4 is 11.7 Å². The first kappa shape index (κ1) is 26.1. The van der Waals surface area contributed by atoms with Crippen LogP contribution in [0.4, 0.5) is 10.5 Å². The topological polar surface area (TPSA) is 102 Å². The molecular weight excluding hydrogens is 504 g/mol. The fourth-order valence-electron chi connectivity index (χ4n) is 5.71. The number of nitrogens with one attached hydrogen (secondary N) is 1. The van der Waals surface area contributed by atoms with E-state index in [9.17, 15) is 20.1 Å². The van der Waals surface area contributed by atoms with Crippen LogP contribution >= 0.6 is 0 Å². The lowest BCUT2D eigenvalue weighted by Gasteiger charge is -2.32. The number of urea groups is 1. The lowest BCUT2D eigenvalue weighted by molar-refractivity contribution is -0.113. The molecular formula is C33H32N2O5. The third-order valence-corrected chi connectivity index (χ3v) is 7.82. The summed E-state index contributed by atoms with van der Waals surface area (Å²) in [6.07, 6.45) is -0.208. The predicted molar refractivity (Wildman–Crippen MR) is 154 cm³/mol. The Hall–Kier alpha value is -4.17. The molecule has 2 amide bonds. The number of hydrogen-bond donors (Lipinski definition) is 4. The fourth-order valence-corrected chi connectivity index (χ4v) is 5.71. The molecule has 4 aromatic carbocycles. The number of nitrogens with zero attached hydrogens (tertiary/aromatic N) is 1. The molecule has 7 nitrogen and oxygen atoms in total. The maximum Gasteiger partial charge on any atom is 0.322 e. The van der Waals surface area contributed by atoms with Crippen LogP contribution in [0.5, 0.6) is 5.75 Å².